The minimum absolute atomic E-state index is 0.223. The van der Waals surface area contributed by atoms with Crippen LogP contribution in [0.4, 0.5) is 0 Å². The van der Waals surface area contributed by atoms with Crippen LogP contribution in [0.25, 0.3) is 0 Å². The summed E-state index contributed by atoms with van der Waals surface area (Å²) >= 11 is 3.10. The number of alkyl halides is 1. The normalized spacial score (nSPS) is 8.00. The minimum Gasteiger partial charge on any atom is -0.465 e. The van der Waals surface area contributed by atoms with E-state index in [2.05, 4.69) is 25.4 Å². The first-order valence-electron chi connectivity index (χ1n) is 3.78. The van der Waals surface area contributed by atoms with Crippen molar-refractivity contribution in [3.8, 4) is 0 Å². The molecule has 0 unspecified atom stereocenters. The Labute approximate surface area is 90.9 Å². The summed E-state index contributed by atoms with van der Waals surface area (Å²) in [5, 5.41) is 0.715. The van der Waals surface area contributed by atoms with E-state index in [1.807, 2.05) is 0 Å². The van der Waals surface area contributed by atoms with Gasteiger partial charge < -0.3 is 9.47 Å². The van der Waals surface area contributed by atoms with Gasteiger partial charge in [0.05, 0.1) is 0 Å². The van der Waals surface area contributed by atoms with Gasteiger partial charge in [0.15, 0.2) is 0 Å². The van der Waals surface area contributed by atoms with Crippen LogP contribution in [0.5, 0.6) is 0 Å². The molecule has 0 bridgehead atoms. The fourth-order valence-electron chi connectivity index (χ4n) is 0.385. The molecule has 0 radical (unpaired) electrons. The van der Waals surface area contributed by atoms with Crippen molar-refractivity contribution in [1.82, 2.24) is 0 Å². The van der Waals surface area contributed by atoms with Gasteiger partial charge in [-0.05, 0) is 0 Å². The van der Waals surface area contributed by atoms with Crippen LogP contribution in [0, 0.1) is 0 Å². The van der Waals surface area contributed by atoms with Crippen molar-refractivity contribution < 1.29 is 23.9 Å². The fourth-order valence-corrected chi connectivity index (χ4v) is 0.547. The van der Waals surface area contributed by atoms with Crippen LogP contribution in [0.1, 0.15) is 20.8 Å². The summed E-state index contributed by atoms with van der Waals surface area (Å²) in [6.07, 6.45) is 0. The van der Waals surface area contributed by atoms with E-state index in [0.717, 1.165) is 0 Å². The third kappa shape index (κ3) is 22.5. The van der Waals surface area contributed by atoms with Gasteiger partial charge in [0.2, 0.25) is 0 Å². The van der Waals surface area contributed by atoms with Crippen molar-refractivity contribution >= 4 is 33.8 Å². The maximum absolute atomic E-state index is 9.96. The van der Waals surface area contributed by atoms with E-state index in [1.54, 1.807) is 0 Å². The third-order valence-corrected chi connectivity index (χ3v) is 0.994. The fraction of sp³-hybridized carbons (Fsp3) is 0.625. The predicted octanol–water partition coefficient (Wildman–Crippen LogP) is 1.04. The molecule has 6 heteroatoms. The van der Waals surface area contributed by atoms with Crippen LogP contribution in [-0.2, 0) is 23.9 Å². The minimum atomic E-state index is -0.562. The molecule has 0 aromatic rings. The maximum Gasteiger partial charge on any atom is 0.310 e. The zero-order valence-electron chi connectivity index (χ0n) is 8.33. The van der Waals surface area contributed by atoms with E-state index in [9.17, 15) is 14.4 Å². The highest BCUT2D eigenvalue weighted by atomic mass is 79.9. The number of hydrogen-bond acceptors (Lipinski definition) is 5. The standard InChI is InChI=1S/C4H7BrO2.C4H6O3/c1-4(6)7-3-2-5;1-3(5)7-4(2)6/h2-3H2,1H3;1-2H3. The van der Waals surface area contributed by atoms with E-state index in [-0.39, 0.29) is 5.97 Å². The van der Waals surface area contributed by atoms with E-state index in [1.165, 1.54) is 20.8 Å². The summed E-state index contributed by atoms with van der Waals surface area (Å²) < 4.78 is 8.48. The van der Waals surface area contributed by atoms with E-state index in [0.29, 0.717) is 11.9 Å². The number of esters is 3. The molecule has 0 spiro atoms. The Balaban J connectivity index is 0. The average molecular weight is 269 g/mol. The second-order valence-corrected chi connectivity index (χ2v) is 2.91. The first kappa shape index (κ1) is 15.6. The molecule has 0 rings (SSSR count). The molecule has 0 heterocycles. The molecular formula is C8H13BrO5. The highest BCUT2D eigenvalue weighted by Crippen LogP contribution is 1.80. The topological polar surface area (TPSA) is 69.7 Å². The Morgan fingerprint density at radius 2 is 1.43 bits per heavy atom. The second-order valence-electron chi connectivity index (χ2n) is 2.11. The summed E-state index contributed by atoms with van der Waals surface area (Å²) in [5.74, 6) is -1.35. The zero-order valence-corrected chi connectivity index (χ0v) is 9.92. The van der Waals surface area contributed by atoms with Crippen molar-refractivity contribution in [2.75, 3.05) is 11.9 Å². The molecule has 0 aromatic carbocycles. The number of ether oxygens (including phenoxy) is 2. The van der Waals surface area contributed by atoms with Gasteiger partial charge in [0.25, 0.3) is 0 Å². The molecule has 0 fully saturated rings. The number of hydrogen-bond donors (Lipinski definition) is 0. The second kappa shape index (κ2) is 10.2. The number of carbonyl (C=O) groups excluding carboxylic acids is 3. The van der Waals surface area contributed by atoms with Gasteiger partial charge in [-0.1, -0.05) is 15.9 Å². The van der Waals surface area contributed by atoms with Gasteiger partial charge in [0.1, 0.15) is 6.61 Å². The van der Waals surface area contributed by atoms with Crippen molar-refractivity contribution in [3.63, 3.8) is 0 Å². The van der Waals surface area contributed by atoms with Gasteiger partial charge in [-0.2, -0.15) is 0 Å². The molecule has 0 aliphatic rings. The Hall–Kier alpha value is -0.910. The summed E-state index contributed by atoms with van der Waals surface area (Å²) in [7, 11) is 0. The van der Waals surface area contributed by atoms with Gasteiger partial charge >= 0.3 is 17.9 Å². The first-order chi connectivity index (χ1) is 6.40. The molecule has 0 saturated carbocycles. The predicted molar refractivity (Wildman–Crippen MR) is 52.9 cm³/mol. The van der Waals surface area contributed by atoms with Crippen LogP contribution >= 0.6 is 15.9 Å². The van der Waals surface area contributed by atoms with E-state index < -0.39 is 11.9 Å². The molecule has 0 aliphatic heterocycles. The molecule has 0 atom stereocenters. The number of halogens is 1. The lowest BCUT2D eigenvalue weighted by Crippen LogP contribution is -2.03. The molecule has 14 heavy (non-hydrogen) atoms. The maximum atomic E-state index is 9.96. The Morgan fingerprint density at radius 3 is 1.50 bits per heavy atom. The van der Waals surface area contributed by atoms with Crippen molar-refractivity contribution in [1.29, 1.82) is 0 Å². The molecule has 0 aliphatic carbocycles. The van der Waals surface area contributed by atoms with Crippen LogP contribution in [0.2, 0.25) is 0 Å². The van der Waals surface area contributed by atoms with E-state index >= 15 is 0 Å². The Morgan fingerprint density at radius 1 is 1.00 bits per heavy atom. The smallest absolute Gasteiger partial charge is 0.310 e. The summed E-state index contributed by atoms with van der Waals surface area (Å²) in [6.45, 7) is 4.22. The van der Waals surface area contributed by atoms with Crippen LogP contribution in [0.3, 0.4) is 0 Å². The highest BCUT2D eigenvalue weighted by molar-refractivity contribution is 9.09. The van der Waals surface area contributed by atoms with E-state index in [4.69, 9.17) is 0 Å². The number of rotatable bonds is 2. The van der Waals surface area contributed by atoms with Crippen LogP contribution in [-0.4, -0.2) is 29.8 Å². The first-order valence-corrected chi connectivity index (χ1v) is 4.90. The summed E-state index contributed by atoms with van der Waals surface area (Å²) in [4.78, 5) is 29.6. The van der Waals surface area contributed by atoms with Gasteiger partial charge in [0, 0.05) is 26.1 Å². The summed E-state index contributed by atoms with van der Waals surface area (Å²) in [6, 6.07) is 0. The molecule has 5 nitrogen and oxygen atoms in total. The van der Waals surface area contributed by atoms with Crippen molar-refractivity contribution in [2.24, 2.45) is 0 Å². The van der Waals surface area contributed by atoms with Crippen molar-refractivity contribution in [3.05, 3.63) is 0 Å². The lowest BCUT2D eigenvalue weighted by Gasteiger charge is -1.93. The monoisotopic (exact) mass is 268 g/mol. The molecule has 82 valence electrons. The summed E-state index contributed by atoms with van der Waals surface area (Å²) in [5.41, 5.74) is 0. The molecule has 0 N–H and O–H groups in total. The van der Waals surface area contributed by atoms with Gasteiger partial charge in [-0.15, -0.1) is 0 Å². The van der Waals surface area contributed by atoms with Crippen molar-refractivity contribution in [2.45, 2.75) is 20.8 Å². The lowest BCUT2D eigenvalue weighted by molar-refractivity contribution is -0.156. The third-order valence-electron chi connectivity index (χ3n) is 0.670. The lowest BCUT2D eigenvalue weighted by atomic mass is 10.7. The Kier molecular flexibility index (Phi) is 11.3. The number of carbonyl (C=O) groups is 3. The molecule has 0 amide bonds. The van der Waals surface area contributed by atoms with Crippen LogP contribution in [0.15, 0.2) is 0 Å². The van der Waals surface area contributed by atoms with Gasteiger partial charge in [-0.25, -0.2) is 0 Å². The highest BCUT2D eigenvalue weighted by Gasteiger charge is 1.93. The largest absolute Gasteiger partial charge is 0.465 e. The molecule has 0 aromatic heterocycles. The Bertz CT molecular complexity index is 190. The SMILES string of the molecule is CC(=O)OC(C)=O.CC(=O)OCCBr. The molecule has 0 saturated heterocycles. The van der Waals surface area contributed by atoms with Crippen LogP contribution < -0.4 is 0 Å². The average Bonchev–Trinajstić information content (AvgIpc) is 1.99. The molecular weight excluding hydrogens is 256 g/mol. The zero-order chi connectivity index (χ0) is 11.6. The quantitative estimate of drug-likeness (QED) is 0.425. The van der Waals surface area contributed by atoms with Gasteiger partial charge in [-0.3, -0.25) is 14.4 Å².